The summed E-state index contributed by atoms with van der Waals surface area (Å²) in [4.78, 5) is 15.0. The molecule has 0 radical (unpaired) electrons. The number of rotatable bonds is 4. The van der Waals surface area contributed by atoms with Crippen molar-refractivity contribution < 1.29 is 9.90 Å². The van der Waals surface area contributed by atoms with Crippen LogP contribution >= 0.6 is 23.4 Å². The van der Waals surface area contributed by atoms with Gasteiger partial charge in [0.05, 0.1) is 18.3 Å². The number of aliphatic hydroxyl groups is 1. The number of hydrogen-bond donors (Lipinski definition) is 1. The molecule has 0 aliphatic carbocycles. The highest BCUT2D eigenvalue weighted by molar-refractivity contribution is 8.00. The Bertz CT molecular complexity index is 483. The number of carbonyl (C=O) groups is 1. The first-order valence-corrected chi connectivity index (χ1v) is 8.01. The molecule has 5 heteroatoms. The molecule has 3 nitrogen and oxygen atoms in total. The van der Waals surface area contributed by atoms with Gasteiger partial charge >= 0.3 is 0 Å². The standard InChI is InChI=1S/C15H20ClNO2S/c1-10(2)15(19)8-17(9-15)14(18)11(3)20-13-6-4-12(16)5-7-13/h4-7,10-11,19H,8-9H2,1-3H3. The van der Waals surface area contributed by atoms with Gasteiger partial charge in [-0.15, -0.1) is 11.8 Å². The highest BCUT2D eigenvalue weighted by Gasteiger charge is 2.46. The Morgan fingerprint density at radius 3 is 2.35 bits per heavy atom. The second-order valence-corrected chi connectivity index (χ2v) is 7.52. The number of halogens is 1. The van der Waals surface area contributed by atoms with E-state index in [1.165, 1.54) is 11.8 Å². The molecular formula is C15H20ClNO2S. The van der Waals surface area contributed by atoms with Crippen molar-refractivity contribution in [1.82, 2.24) is 4.90 Å². The minimum Gasteiger partial charge on any atom is -0.386 e. The zero-order chi connectivity index (χ0) is 14.9. The van der Waals surface area contributed by atoms with Gasteiger partial charge in [-0.3, -0.25) is 4.79 Å². The number of benzene rings is 1. The molecule has 110 valence electrons. The van der Waals surface area contributed by atoms with Crippen LogP contribution in [-0.4, -0.2) is 39.9 Å². The Morgan fingerprint density at radius 2 is 1.85 bits per heavy atom. The Kier molecular flexibility index (Phi) is 4.67. The van der Waals surface area contributed by atoms with Crippen LogP contribution in [0.3, 0.4) is 0 Å². The number of nitrogens with zero attached hydrogens (tertiary/aromatic N) is 1. The molecule has 0 spiro atoms. The zero-order valence-electron chi connectivity index (χ0n) is 12.0. The second-order valence-electron chi connectivity index (χ2n) is 5.67. The van der Waals surface area contributed by atoms with Crippen LogP contribution in [-0.2, 0) is 4.79 Å². The highest BCUT2D eigenvalue weighted by atomic mass is 35.5. The van der Waals surface area contributed by atoms with Crippen LogP contribution in [0.1, 0.15) is 20.8 Å². The first kappa shape index (κ1) is 15.7. The van der Waals surface area contributed by atoms with Gasteiger partial charge in [-0.1, -0.05) is 25.4 Å². The Balaban J connectivity index is 1.89. The summed E-state index contributed by atoms with van der Waals surface area (Å²) in [7, 11) is 0. The van der Waals surface area contributed by atoms with Gasteiger partial charge in [-0.05, 0) is 37.1 Å². The predicted octanol–water partition coefficient (Wildman–Crippen LogP) is 3.05. The minimum atomic E-state index is -0.708. The molecule has 1 fully saturated rings. The lowest BCUT2D eigenvalue weighted by atomic mass is 9.83. The van der Waals surface area contributed by atoms with Gasteiger partial charge in [0.25, 0.3) is 0 Å². The summed E-state index contributed by atoms with van der Waals surface area (Å²) in [6.07, 6.45) is 0. The molecule has 1 N–H and O–H groups in total. The fourth-order valence-electron chi connectivity index (χ4n) is 2.16. The van der Waals surface area contributed by atoms with E-state index in [4.69, 9.17) is 11.6 Å². The molecule has 20 heavy (non-hydrogen) atoms. The number of β-amino-alcohol motifs (C(OH)–C–C–N with tert-alkyl or cyclic N) is 1. The lowest BCUT2D eigenvalue weighted by Gasteiger charge is -2.49. The SMILES string of the molecule is CC(Sc1ccc(Cl)cc1)C(=O)N1CC(O)(C(C)C)C1. The molecule has 1 unspecified atom stereocenters. The molecular weight excluding hydrogens is 294 g/mol. The monoisotopic (exact) mass is 313 g/mol. The van der Waals surface area contributed by atoms with E-state index < -0.39 is 5.60 Å². The van der Waals surface area contributed by atoms with Crippen molar-refractivity contribution in [2.45, 2.75) is 36.5 Å². The van der Waals surface area contributed by atoms with Gasteiger partial charge in [0.2, 0.25) is 5.91 Å². The summed E-state index contributed by atoms with van der Waals surface area (Å²) in [5, 5.41) is 10.7. The fraction of sp³-hybridized carbons (Fsp3) is 0.533. The quantitative estimate of drug-likeness (QED) is 0.869. The van der Waals surface area contributed by atoms with E-state index in [2.05, 4.69) is 0 Å². The van der Waals surface area contributed by atoms with E-state index in [-0.39, 0.29) is 17.1 Å². The first-order valence-electron chi connectivity index (χ1n) is 6.75. The molecule has 1 aromatic carbocycles. The van der Waals surface area contributed by atoms with Crippen LogP contribution in [0.4, 0.5) is 0 Å². The van der Waals surface area contributed by atoms with E-state index in [1.807, 2.05) is 45.0 Å². The maximum absolute atomic E-state index is 12.3. The Labute approximate surface area is 129 Å². The number of likely N-dealkylation sites (tertiary alicyclic amines) is 1. The maximum atomic E-state index is 12.3. The summed E-state index contributed by atoms with van der Waals surface area (Å²) in [5.74, 6) is 0.251. The van der Waals surface area contributed by atoms with Crippen LogP contribution in [0.25, 0.3) is 0 Å². The molecule has 0 aromatic heterocycles. The fourth-order valence-corrected chi connectivity index (χ4v) is 3.24. The predicted molar refractivity (Wildman–Crippen MR) is 83.1 cm³/mol. The van der Waals surface area contributed by atoms with Crippen LogP contribution in [0.5, 0.6) is 0 Å². The maximum Gasteiger partial charge on any atom is 0.235 e. The third kappa shape index (κ3) is 3.30. The number of thioether (sulfide) groups is 1. The van der Waals surface area contributed by atoms with Crippen molar-refractivity contribution in [2.24, 2.45) is 5.92 Å². The molecule has 1 heterocycles. The van der Waals surface area contributed by atoms with Gasteiger partial charge in [0, 0.05) is 9.92 Å². The van der Waals surface area contributed by atoms with Crippen molar-refractivity contribution >= 4 is 29.3 Å². The molecule has 0 saturated carbocycles. The summed E-state index contributed by atoms with van der Waals surface area (Å²) in [6.45, 7) is 6.74. The molecule has 1 aliphatic heterocycles. The Hall–Kier alpha value is -0.710. The van der Waals surface area contributed by atoms with Crippen molar-refractivity contribution in [2.75, 3.05) is 13.1 Å². The second kappa shape index (κ2) is 5.96. The van der Waals surface area contributed by atoms with Gasteiger partial charge < -0.3 is 10.0 Å². The topological polar surface area (TPSA) is 40.5 Å². The van der Waals surface area contributed by atoms with Gasteiger partial charge in [0.1, 0.15) is 5.60 Å². The van der Waals surface area contributed by atoms with E-state index in [0.717, 1.165) is 4.90 Å². The van der Waals surface area contributed by atoms with Crippen molar-refractivity contribution in [3.63, 3.8) is 0 Å². The van der Waals surface area contributed by atoms with Crippen LogP contribution in [0.2, 0.25) is 5.02 Å². The zero-order valence-corrected chi connectivity index (χ0v) is 13.5. The van der Waals surface area contributed by atoms with E-state index in [1.54, 1.807) is 4.90 Å². The summed E-state index contributed by atoms with van der Waals surface area (Å²) in [5.41, 5.74) is -0.708. The Morgan fingerprint density at radius 1 is 1.30 bits per heavy atom. The lowest BCUT2D eigenvalue weighted by molar-refractivity contribution is -0.162. The van der Waals surface area contributed by atoms with Gasteiger partial charge in [0.15, 0.2) is 0 Å². The van der Waals surface area contributed by atoms with Crippen molar-refractivity contribution in [3.05, 3.63) is 29.3 Å². The van der Waals surface area contributed by atoms with Crippen molar-refractivity contribution in [1.29, 1.82) is 0 Å². The highest BCUT2D eigenvalue weighted by Crippen LogP contribution is 2.32. The minimum absolute atomic E-state index is 0.0790. The smallest absolute Gasteiger partial charge is 0.235 e. The summed E-state index contributed by atoms with van der Waals surface area (Å²) in [6, 6.07) is 7.47. The van der Waals surface area contributed by atoms with Crippen LogP contribution < -0.4 is 0 Å². The molecule has 1 aliphatic rings. The van der Waals surface area contributed by atoms with Crippen LogP contribution in [0, 0.1) is 5.92 Å². The third-order valence-corrected chi connectivity index (χ3v) is 5.14. The number of amides is 1. The van der Waals surface area contributed by atoms with E-state index in [9.17, 15) is 9.90 Å². The third-order valence-electron chi connectivity index (χ3n) is 3.79. The van der Waals surface area contributed by atoms with E-state index in [0.29, 0.717) is 18.1 Å². The summed E-state index contributed by atoms with van der Waals surface area (Å²) >= 11 is 7.36. The number of carbonyl (C=O) groups excluding carboxylic acids is 1. The lowest BCUT2D eigenvalue weighted by Crippen LogP contribution is -2.67. The molecule has 0 bridgehead atoms. The molecule has 1 saturated heterocycles. The average molecular weight is 314 g/mol. The normalized spacial score (nSPS) is 18.8. The molecule has 1 aromatic rings. The van der Waals surface area contributed by atoms with Crippen molar-refractivity contribution in [3.8, 4) is 0 Å². The van der Waals surface area contributed by atoms with Crippen LogP contribution in [0.15, 0.2) is 29.2 Å². The average Bonchev–Trinajstić information content (AvgIpc) is 2.36. The molecule has 1 amide bonds. The molecule has 1 atom stereocenters. The van der Waals surface area contributed by atoms with Gasteiger partial charge in [-0.2, -0.15) is 0 Å². The summed E-state index contributed by atoms with van der Waals surface area (Å²) < 4.78 is 0. The van der Waals surface area contributed by atoms with Gasteiger partial charge in [-0.25, -0.2) is 0 Å². The first-order chi connectivity index (χ1) is 9.32. The van der Waals surface area contributed by atoms with E-state index >= 15 is 0 Å². The largest absolute Gasteiger partial charge is 0.386 e. The molecule has 2 rings (SSSR count). The number of hydrogen-bond acceptors (Lipinski definition) is 3.